The normalized spacial score (nSPS) is 18.6. The molecule has 0 unspecified atom stereocenters. The number of hydrogen-bond acceptors (Lipinski definition) is 4. The molecule has 0 spiro atoms. The van der Waals surface area contributed by atoms with Gasteiger partial charge in [-0.15, -0.1) is 0 Å². The number of pyridine rings is 1. The Hall–Kier alpha value is -3.37. The molecule has 2 N–H and O–H groups in total. The van der Waals surface area contributed by atoms with Crippen molar-refractivity contribution >= 4 is 23.1 Å². The molecule has 4 rings (SSSR count). The first-order valence-corrected chi connectivity index (χ1v) is 11.3. The molecule has 2 aromatic heterocycles. The van der Waals surface area contributed by atoms with Crippen molar-refractivity contribution in [1.29, 1.82) is 0 Å². The third kappa shape index (κ3) is 6.01. The molecule has 6 nitrogen and oxygen atoms in total. The molecule has 35 heavy (non-hydrogen) atoms. The first kappa shape index (κ1) is 24.7. The van der Waals surface area contributed by atoms with E-state index in [9.17, 15) is 26.7 Å². The highest BCUT2D eigenvalue weighted by Gasteiger charge is 2.34. The van der Waals surface area contributed by atoms with Crippen LogP contribution in [0.4, 0.5) is 33.5 Å². The lowest BCUT2D eigenvalue weighted by Crippen LogP contribution is -2.40. The highest BCUT2D eigenvalue weighted by atomic mass is 19.4. The maximum absolute atomic E-state index is 13.0. The minimum atomic E-state index is -4.51. The third-order valence-electron chi connectivity index (χ3n) is 6.18. The number of carbonyl (C=O) groups excluding carboxylic acids is 1. The topological polar surface area (TPSA) is 61.7 Å². The van der Waals surface area contributed by atoms with E-state index in [2.05, 4.69) is 15.6 Å². The highest BCUT2D eigenvalue weighted by molar-refractivity contribution is 5.94. The van der Waals surface area contributed by atoms with Crippen molar-refractivity contribution in [2.75, 3.05) is 23.8 Å². The number of halogens is 5. The number of fused-ring (bicyclic) bond motifs is 1. The number of rotatable bonds is 7. The summed E-state index contributed by atoms with van der Waals surface area (Å²) in [5.74, 6) is 0.308. The Morgan fingerprint density at radius 2 is 1.74 bits per heavy atom. The lowest BCUT2D eigenvalue weighted by Gasteiger charge is -2.30. The zero-order valence-corrected chi connectivity index (χ0v) is 19.0. The average molecular weight is 495 g/mol. The second-order valence-corrected chi connectivity index (χ2v) is 8.75. The molecule has 1 aliphatic rings. The number of carbonyl (C=O) groups is 1. The predicted molar refractivity (Wildman–Crippen MR) is 123 cm³/mol. The van der Waals surface area contributed by atoms with Crippen molar-refractivity contribution in [2.45, 2.75) is 50.4 Å². The summed E-state index contributed by atoms with van der Waals surface area (Å²) in [5.41, 5.74) is 0.331. The Balaban J connectivity index is 1.31. The molecule has 2 heterocycles. The van der Waals surface area contributed by atoms with E-state index in [0.29, 0.717) is 29.9 Å². The fourth-order valence-electron chi connectivity index (χ4n) is 4.30. The SMILES string of the molecule is CN(CC(F)F)c1ccc(C(=O)N[C@H]2CC[C@@H](Nc3cccc4nc(C(F)(F)F)cn34)CC2)cc1. The van der Waals surface area contributed by atoms with Gasteiger partial charge >= 0.3 is 6.18 Å². The molecule has 1 aromatic carbocycles. The molecule has 188 valence electrons. The number of nitrogens with one attached hydrogen (secondary N) is 2. The first-order valence-electron chi connectivity index (χ1n) is 11.3. The standard InChI is InChI=1S/C24H26F5N5O/c1-33(14-20(25)26)18-11-5-15(6-12-18)23(35)31-17-9-7-16(8-10-17)30-21-3-2-4-22-32-19(13-34(21)22)24(27,28)29/h2-6,11-13,16-17,20,30H,7-10,14H2,1H3,(H,31,35)/t16-,17+. The number of imidazole rings is 1. The van der Waals surface area contributed by atoms with E-state index in [0.717, 1.165) is 19.0 Å². The third-order valence-corrected chi connectivity index (χ3v) is 6.18. The van der Waals surface area contributed by atoms with Crippen LogP contribution in [0.25, 0.3) is 5.65 Å². The number of amides is 1. The number of benzene rings is 1. The summed E-state index contributed by atoms with van der Waals surface area (Å²) in [4.78, 5) is 17.7. The van der Waals surface area contributed by atoms with Crippen molar-refractivity contribution in [1.82, 2.24) is 14.7 Å². The van der Waals surface area contributed by atoms with Gasteiger partial charge in [-0.2, -0.15) is 13.2 Å². The molecular weight excluding hydrogens is 469 g/mol. The number of anilines is 2. The van der Waals surface area contributed by atoms with Crippen molar-refractivity contribution in [3.05, 3.63) is 59.9 Å². The molecule has 3 aromatic rings. The van der Waals surface area contributed by atoms with Crippen molar-refractivity contribution < 1.29 is 26.7 Å². The summed E-state index contributed by atoms with van der Waals surface area (Å²) >= 11 is 0. The van der Waals surface area contributed by atoms with Crippen LogP contribution in [0.5, 0.6) is 0 Å². The predicted octanol–water partition coefficient (Wildman–Crippen LogP) is 5.21. The Morgan fingerprint density at radius 1 is 1.09 bits per heavy atom. The van der Waals surface area contributed by atoms with Gasteiger partial charge in [0, 0.05) is 36.6 Å². The quantitative estimate of drug-likeness (QED) is 0.442. The molecule has 0 bridgehead atoms. The van der Waals surface area contributed by atoms with Crippen LogP contribution in [0, 0.1) is 0 Å². The van der Waals surface area contributed by atoms with E-state index >= 15 is 0 Å². The van der Waals surface area contributed by atoms with Crippen LogP contribution in [0.2, 0.25) is 0 Å². The second-order valence-electron chi connectivity index (χ2n) is 8.75. The molecule has 1 fully saturated rings. The number of nitrogens with zero attached hydrogens (tertiary/aromatic N) is 3. The van der Waals surface area contributed by atoms with Gasteiger partial charge in [0.25, 0.3) is 12.3 Å². The van der Waals surface area contributed by atoms with Crippen LogP contribution in [-0.2, 0) is 6.18 Å². The Morgan fingerprint density at radius 3 is 2.37 bits per heavy atom. The van der Waals surface area contributed by atoms with Crippen molar-refractivity contribution in [3.63, 3.8) is 0 Å². The van der Waals surface area contributed by atoms with E-state index in [1.807, 2.05) is 0 Å². The zero-order valence-electron chi connectivity index (χ0n) is 19.0. The van der Waals surface area contributed by atoms with E-state index in [1.54, 1.807) is 43.4 Å². The highest BCUT2D eigenvalue weighted by Crippen LogP contribution is 2.30. The average Bonchev–Trinajstić information content (AvgIpc) is 3.26. The van der Waals surface area contributed by atoms with Crippen LogP contribution >= 0.6 is 0 Å². The van der Waals surface area contributed by atoms with Crippen LogP contribution < -0.4 is 15.5 Å². The minimum Gasteiger partial charge on any atom is -0.369 e. The molecule has 0 atom stereocenters. The monoisotopic (exact) mass is 495 g/mol. The zero-order chi connectivity index (χ0) is 25.2. The van der Waals surface area contributed by atoms with E-state index in [-0.39, 0.29) is 30.2 Å². The van der Waals surface area contributed by atoms with E-state index in [4.69, 9.17) is 0 Å². The van der Waals surface area contributed by atoms with Crippen LogP contribution in [0.1, 0.15) is 41.7 Å². The lowest BCUT2D eigenvalue weighted by atomic mass is 9.91. The Bertz CT molecular complexity index is 1150. The smallest absolute Gasteiger partial charge is 0.369 e. The fourth-order valence-corrected chi connectivity index (χ4v) is 4.30. The molecule has 11 heteroatoms. The van der Waals surface area contributed by atoms with Gasteiger partial charge in [-0.1, -0.05) is 6.07 Å². The van der Waals surface area contributed by atoms with Gasteiger partial charge in [0.2, 0.25) is 0 Å². The van der Waals surface area contributed by atoms with E-state index < -0.39 is 18.3 Å². The molecule has 0 aliphatic heterocycles. The summed E-state index contributed by atoms with van der Waals surface area (Å²) in [7, 11) is 1.57. The maximum atomic E-state index is 13.0. The van der Waals surface area contributed by atoms with E-state index in [1.165, 1.54) is 15.4 Å². The Labute approximate surface area is 199 Å². The molecule has 0 radical (unpaired) electrons. The minimum absolute atomic E-state index is 0.0254. The molecule has 0 saturated heterocycles. The summed E-state index contributed by atoms with van der Waals surface area (Å²) in [6.45, 7) is -0.387. The van der Waals surface area contributed by atoms with Gasteiger partial charge < -0.3 is 15.5 Å². The Kier molecular flexibility index (Phi) is 7.13. The van der Waals surface area contributed by atoms with Gasteiger partial charge in [0.1, 0.15) is 11.5 Å². The molecular formula is C24H26F5N5O. The maximum Gasteiger partial charge on any atom is 0.434 e. The van der Waals surface area contributed by atoms with Crippen LogP contribution in [-0.4, -0.2) is 47.4 Å². The number of aromatic nitrogens is 2. The number of alkyl halides is 5. The van der Waals surface area contributed by atoms with Crippen LogP contribution in [0.15, 0.2) is 48.7 Å². The van der Waals surface area contributed by atoms with Crippen LogP contribution in [0.3, 0.4) is 0 Å². The largest absolute Gasteiger partial charge is 0.434 e. The van der Waals surface area contributed by atoms with Crippen molar-refractivity contribution in [3.8, 4) is 0 Å². The van der Waals surface area contributed by atoms with Gasteiger partial charge in [-0.25, -0.2) is 13.8 Å². The molecule has 1 saturated carbocycles. The number of hydrogen-bond donors (Lipinski definition) is 2. The van der Waals surface area contributed by atoms with Gasteiger partial charge in [-0.05, 0) is 62.1 Å². The fraction of sp³-hybridized carbons (Fsp3) is 0.417. The first-order chi connectivity index (χ1) is 16.6. The van der Waals surface area contributed by atoms with Gasteiger partial charge in [0.15, 0.2) is 5.69 Å². The summed E-state index contributed by atoms with van der Waals surface area (Å²) in [6, 6.07) is 11.4. The summed E-state index contributed by atoms with van der Waals surface area (Å²) < 4.78 is 65.6. The molecule has 1 amide bonds. The van der Waals surface area contributed by atoms with Crippen molar-refractivity contribution in [2.24, 2.45) is 0 Å². The summed E-state index contributed by atoms with van der Waals surface area (Å²) in [5, 5.41) is 6.32. The van der Waals surface area contributed by atoms with Gasteiger partial charge in [0.05, 0.1) is 6.54 Å². The lowest BCUT2D eigenvalue weighted by molar-refractivity contribution is -0.140. The molecule has 1 aliphatic carbocycles. The second kappa shape index (κ2) is 10.1. The summed E-state index contributed by atoms with van der Waals surface area (Å²) in [6.07, 6.45) is -3.07. The van der Waals surface area contributed by atoms with Gasteiger partial charge in [-0.3, -0.25) is 9.20 Å².